The van der Waals surface area contributed by atoms with Crippen molar-refractivity contribution in [2.45, 2.75) is 12.6 Å². The van der Waals surface area contributed by atoms with Gasteiger partial charge < -0.3 is 13.7 Å². The van der Waals surface area contributed by atoms with Gasteiger partial charge in [0, 0.05) is 17.8 Å². The average molecular weight is 367 g/mol. The molecule has 0 N–H and O–H groups in total. The van der Waals surface area contributed by atoms with Crippen LogP contribution in [0, 0.1) is 0 Å². The first kappa shape index (κ1) is 15.6. The summed E-state index contributed by atoms with van der Waals surface area (Å²) in [6.45, 7) is 1.18. The van der Waals surface area contributed by atoms with Crippen LogP contribution in [0.3, 0.4) is 0 Å². The van der Waals surface area contributed by atoms with Crippen LogP contribution in [0.5, 0.6) is 0 Å². The van der Waals surface area contributed by atoms with Crippen LogP contribution in [0.2, 0.25) is 0 Å². The van der Waals surface area contributed by atoms with E-state index in [0.717, 1.165) is 39.1 Å². The molecule has 2 aromatic carbocycles. The molecule has 0 radical (unpaired) electrons. The van der Waals surface area contributed by atoms with Crippen LogP contribution in [0.15, 0.2) is 77.5 Å². The summed E-state index contributed by atoms with van der Waals surface area (Å²) in [5, 5.41) is 0. The number of aromatic nitrogens is 3. The highest BCUT2D eigenvalue weighted by Gasteiger charge is 2.25. The number of ether oxygens (including phenoxy) is 1. The van der Waals surface area contributed by atoms with E-state index in [2.05, 4.69) is 52.0 Å². The lowest BCUT2D eigenvalue weighted by Gasteiger charge is -2.26. The zero-order valence-electron chi connectivity index (χ0n) is 15.1. The molecule has 0 bridgehead atoms. The van der Waals surface area contributed by atoms with Gasteiger partial charge in [0.1, 0.15) is 17.9 Å². The monoisotopic (exact) mass is 367 g/mol. The Balaban J connectivity index is 1.53. The number of furan rings is 1. The zero-order chi connectivity index (χ0) is 18.5. The summed E-state index contributed by atoms with van der Waals surface area (Å²) in [5.41, 5.74) is 7.12. The maximum atomic E-state index is 5.84. The molecular formula is C23H17N3O2. The van der Waals surface area contributed by atoms with Crippen LogP contribution in [0.25, 0.3) is 33.3 Å². The molecule has 1 aliphatic heterocycles. The molecule has 1 atom stereocenters. The lowest BCUT2D eigenvalue weighted by molar-refractivity contribution is 0.0679. The Bertz CT molecular complexity index is 1300. The maximum Gasteiger partial charge on any atom is 0.152 e. The number of hydrogen-bond acceptors (Lipinski definition) is 4. The van der Waals surface area contributed by atoms with Gasteiger partial charge in [0.05, 0.1) is 29.9 Å². The molecule has 4 heterocycles. The van der Waals surface area contributed by atoms with Gasteiger partial charge in [0.15, 0.2) is 5.58 Å². The van der Waals surface area contributed by atoms with Gasteiger partial charge in [-0.3, -0.25) is 4.98 Å². The molecule has 28 heavy (non-hydrogen) atoms. The van der Waals surface area contributed by atoms with Crippen LogP contribution in [0.1, 0.15) is 17.4 Å². The third-order valence-electron chi connectivity index (χ3n) is 5.40. The molecule has 5 heteroatoms. The minimum atomic E-state index is 0.121. The van der Waals surface area contributed by atoms with E-state index >= 15 is 0 Å². The third-order valence-corrected chi connectivity index (χ3v) is 5.40. The standard InChI is InChI=1S/C23H17N3O2/c1-2-4-15(5-3-1)21-13-27-14-23-25-18-7-6-16(10-20(18)26(21)23)17-11-22-19(24-12-17)8-9-28-22/h1-12,21H,13-14H2. The fourth-order valence-corrected chi connectivity index (χ4v) is 4.03. The smallest absolute Gasteiger partial charge is 0.152 e. The molecule has 1 aliphatic rings. The van der Waals surface area contributed by atoms with Gasteiger partial charge in [-0.1, -0.05) is 36.4 Å². The number of pyridine rings is 1. The number of hydrogen-bond donors (Lipinski definition) is 0. The molecule has 0 aliphatic carbocycles. The van der Waals surface area contributed by atoms with E-state index < -0.39 is 0 Å². The number of imidazole rings is 1. The van der Waals surface area contributed by atoms with Crippen molar-refractivity contribution in [3.63, 3.8) is 0 Å². The molecule has 5 nitrogen and oxygen atoms in total. The number of fused-ring (bicyclic) bond motifs is 4. The molecule has 0 fully saturated rings. The van der Waals surface area contributed by atoms with Crippen molar-refractivity contribution in [2.24, 2.45) is 0 Å². The zero-order valence-corrected chi connectivity index (χ0v) is 15.1. The summed E-state index contributed by atoms with van der Waals surface area (Å²) in [6.07, 6.45) is 3.56. The minimum absolute atomic E-state index is 0.121. The predicted molar refractivity (Wildman–Crippen MR) is 107 cm³/mol. The van der Waals surface area contributed by atoms with Gasteiger partial charge in [0.2, 0.25) is 0 Å². The van der Waals surface area contributed by atoms with Crippen molar-refractivity contribution in [1.82, 2.24) is 14.5 Å². The molecule has 0 saturated carbocycles. The first-order chi connectivity index (χ1) is 13.9. The number of nitrogens with zero attached hydrogens (tertiary/aromatic N) is 3. The molecule has 6 rings (SSSR count). The second-order valence-corrected chi connectivity index (χ2v) is 7.07. The number of benzene rings is 2. The third kappa shape index (κ3) is 2.37. The minimum Gasteiger partial charge on any atom is -0.463 e. The maximum absolute atomic E-state index is 5.84. The first-order valence-corrected chi connectivity index (χ1v) is 9.34. The quantitative estimate of drug-likeness (QED) is 0.442. The molecule has 5 aromatic rings. The second-order valence-electron chi connectivity index (χ2n) is 7.07. The van der Waals surface area contributed by atoms with Gasteiger partial charge in [-0.05, 0) is 29.3 Å². The molecule has 0 saturated heterocycles. The summed E-state index contributed by atoms with van der Waals surface area (Å²) in [4.78, 5) is 9.31. The van der Waals surface area contributed by atoms with Crippen LogP contribution in [0.4, 0.5) is 0 Å². The lowest BCUT2D eigenvalue weighted by atomic mass is 10.0. The summed E-state index contributed by atoms with van der Waals surface area (Å²) in [5.74, 6) is 0.965. The SMILES string of the molecule is c1ccc(C2COCc3nc4ccc(-c5cnc6ccoc6c5)cc4n32)cc1. The Morgan fingerprint density at radius 3 is 2.79 bits per heavy atom. The highest BCUT2D eigenvalue weighted by molar-refractivity contribution is 5.85. The van der Waals surface area contributed by atoms with E-state index in [1.54, 1.807) is 6.26 Å². The van der Waals surface area contributed by atoms with Crippen molar-refractivity contribution in [2.75, 3.05) is 6.61 Å². The van der Waals surface area contributed by atoms with Gasteiger partial charge in [-0.15, -0.1) is 0 Å². The Morgan fingerprint density at radius 1 is 0.929 bits per heavy atom. The Kier molecular flexibility index (Phi) is 3.36. The number of rotatable bonds is 2. The largest absolute Gasteiger partial charge is 0.463 e. The van der Waals surface area contributed by atoms with E-state index in [9.17, 15) is 0 Å². The van der Waals surface area contributed by atoms with Gasteiger partial charge >= 0.3 is 0 Å². The summed E-state index contributed by atoms with van der Waals surface area (Å²) in [7, 11) is 0. The Labute approximate surface area is 161 Å². The molecule has 136 valence electrons. The van der Waals surface area contributed by atoms with Gasteiger partial charge in [0.25, 0.3) is 0 Å². The van der Waals surface area contributed by atoms with Crippen LogP contribution in [-0.4, -0.2) is 21.1 Å². The van der Waals surface area contributed by atoms with Gasteiger partial charge in [-0.25, -0.2) is 4.98 Å². The predicted octanol–water partition coefficient (Wildman–Crippen LogP) is 4.96. The second kappa shape index (κ2) is 6.04. The van der Waals surface area contributed by atoms with Crippen molar-refractivity contribution >= 4 is 22.1 Å². The molecule has 3 aromatic heterocycles. The van der Waals surface area contributed by atoms with Crippen molar-refractivity contribution in [3.8, 4) is 11.1 Å². The highest BCUT2D eigenvalue weighted by atomic mass is 16.5. The molecule has 1 unspecified atom stereocenters. The first-order valence-electron chi connectivity index (χ1n) is 9.34. The normalized spacial score (nSPS) is 16.5. The molecule has 0 spiro atoms. The lowest BCUT2D eigenvalue weighted by Crippen LogP contribution is -2.24. The average Bonchev–Trinajstić information content (AvgIpc) is 3.37. The molecular weight excluding hydrogens is 350 g/mol. The van der Waals surface area contributed by atoms with E-state index in [0.29, 0.717) is 13.2 Å². The fourth-order valence-electron chi connectivity index (χ4n) is 4.03. The van der Waals surface area contributed by atoms with Crippen molar-refractivity contribution in [3.05, 3.63) is 84.5 Å². The van der Waals surface area contributed by atoms with E-state index in [1.807, 2.05) is 24.4 Å². The van der Waals surface area contributed by atoms with Crippen molar-refractivity contribution in [1.29, 1.82) is 0 Å². The fraction of sp³-hybridized carbons (Fsp3) is 0.130. The van der Waals surface area contributed by atoms with E-state index in [1.165, 1.54) is 5.56 Å². The summed E-state index contributed by atoms with van der Waals surface area (Å²) < 4.78 is 13.7. The topological polar surface area (TPSA) is 53.1 Å². The van der Waals surface area contributed by atoms with Crippen LogP contribution >= 0.6 is 0 Å². The van der Waals surface area contributed by atoms with Crippen LogP contribution < -0.4 is 0 Å². The Hall–Kier alpha value is -3.44. The van der Waals surface area contributed by atoms with Crippen molar-refractivity contribution < 1.29 is 9.15 Å². The molecule has 0 amide bonds. The van der Waals surface area contributed by atoms with Crippen LogP contribution in [-0.2, 0) is 11.3 Å². The summed E-state index contributed by atoms with van der Waals surface area (Å²) >= 11 is 0. The van der Waals surface area contributed by atoms with E-state index in [4.69, 9.17) is 14.1 Å². The van der Waals surface area contributed by atoms with Gasteiger partial charge in [-0.2, -0.15) is 0 Å². The summed E-state index contributed by atoms with van der Waals surface area (Å²) in [6, 6.07) is 20.9. The van der Waals surface area contributed by atoms with E-state index in [-0.39, 0.29) is 6.04 Å². The Morgan fingerprint density at radius 2 is 1.86 bits per heavy atom. The highest BCUT2D eigenvalue weighted by Crippen LogP contribution is 2.33.